The van der Waals surface area contributed by atoms with Gasteiger partial charge >= 0.3 is 0 Å². The van der Waals surface area contributed by atoms with Crippen molar-refractivity contribution in [3.8, 4) is 0 Å². The van der Waals surface area contributed by atoms with Crippen LogP contribution in [0.25, 0.3) is 0 Å². The number of anilines is 1. The summed E-state index contributed by atoms with van der Waals surface area (Å²) in [5.41, 5.74) is 1.58. The Bertz CT molecular complexity index is 1090. The second-order valence-corrected chi connectivity index (χ2v) is 8.49. The van der Waals surface area contributed by atoms with Gasteiger partial charge in [0.2, 0.25) is 0 Å². The number of rotatable bonds is 6. The van der Waals surface area contributed by atoms with Crippen LogP contribution in [0, 0.1) is 0 Å². The minimum Gasteiger partial charge on any atom is -0.348 e. The van der Waals surface area contributed by atoms with Gasteiger partial charge in [0.05, 0.1) is 10.6 Å². The van der Waals surface area contributed by atoms with Gasteiger partial charge in [0.25, 0.3) is 15.9 Å². The highest BCUT2D eigenvalue weighted by atomic mass is 35.5. The van der Waals surface area contributed by atoms with Crippen molar-refractivity contribution >= 4 is 33.2 Å². The van der Waals surface area contributed by atoms with Gasteiger partial charge in [-0.15, -0.1) is 0 Å². The fraction of sp³-hybridized carbons (Fsp3) is 0.0952. The highest BCUT2D eigenvalue weighted by molar-refractivity contribution is 7.92. The van der Waals surface area contributed by atoms with E-state index in [2.05, 4.69) is 5.32 Å². The SMILES string of the molecule is CN(c1ccccc1)S(=O)(=O)c1cccc(C(=O)NCc2ccccc2Cl)c1. The lowest BCUT2D eigenvalue weighted by atomic mass is 10.2. The second-order valence-electron chi connectivity index (χ2n) is 6.11. The Morgan fingerprint density at radius 1 is 0.964 bits per heavy atom. The predicted octanol–water partition coefficient (Wildman–Crippen LogP) is 4.10. The Kier molecular flexibility index (Phi) is 6.02. The van der Waals surface area contributed by atoms with E-state index in [0.29, 0.717) is 10.7 Å². The summed E-state index contributed by atoms with van der Waals surface area (Å²) in [6, 6.07) is 21.9. The molecule has 5 nitrogen and oxygen atoms in total. The van der Waals surface area contributed by atoms with E-state index < -0.39 is 10.0 Å². The van der Waals surface area contributed by atoms with Crippen LogP contribution >= 0.6 is 11.6 Å². The van der Waals surface area contributed by atoms with E-state index in [9.17, 15) is 13.2 Å². The lowest BCUT2D eigenvalue weighted by molar-refractivity contribution is 0.0950. The van der Waals surface area contributed by atoms with Crippen LogP contribution in [0.3, 0.4) is 0 Å². The van der Waals surface area contributed by atoms with E-state index >= 15 is 0 Å². The molecular formula is C21H19ClN2O3S. The van der Waals surface area contributed by atoms with Crippen LogP contribution in [-0.2, 0) is 16.6 Å². The van der Waals surface area contributed by atoms with E-state index in [1.165, 1.54) is 23.5 Å². The van der Waals surface area contributed by atoms with Crippen LogP contribution in [0.15, 0.2) is 83.8 Å². The van der Waals surface area contributed by atoms with E-state index in [1.54, 1.807) is 42.5 Å². The highest BCUT2D eigenvalue weighted by Crippen LogP contribution is 2.22. The van der Waals surface area contributed by atoms with E-state index in [0.717, 1.165) is 5.56 Å². The molecule has 0 aliphatic heterocycles. The van der Waals surface area contributed by atoms with Crippen molar-refractivity contribution in [1.29, 1.82) is 0 Å². The molecule has 0 bridgehead atoms. The largest absolute Gasteiger partial charge is 0.348 e. The van der Waals surface area contributed by atoms with E-state index in [-0.39, 0.29) is 22.9 Å². The maximum atomic E-state index is 12.9. The highest BCUT2D eigenvalue weighted by Gasteiger charge is 2.22. The third kappa shape index (κ3) is 4.35. The summed E-state index contributed by atoms with van der Waals surface area (Å²) in [5.74, 6) is -0.376. The van der Waals surface area contributed by atoms with Crippen LogP contribution in [0.4, 0.5) is 5.69 Å². The summed E-state index contributed by atoms with van der Waals surface area (Å²) in [7, 11) is -2.31. The molecule has 7 heteroatoms. The molecule has 144 valence electrons. The van der Waals surface area contributed by atoms with Gasteiger partial charge in [-0.3, -0.25) is 9.10 Å². The normalized spacial score (nSPS) is 11.1. The molecule has 0 heterocycles. The monoisotopic (exact) mass is 414 g/mol. The number of hydrogen-bond donors (Lipinski definition) is 1. The molecule has 3 aromatic rings. The summed E-state index contributed by atoms with van der Waals surface area (Å²) >= 11 is 6.10. The zero-order valence-corrected chi connectivity index (χ0v) is 16.7. The van der Waals surface area contributed by atoms with Crippen molar-refractivity contribution < 1.29 is 13.2 Å². The Hall–Kier alpha value is -2.83. The lowest BCUT2D eigenvalue weighted by Gasteiger charge is -2.19. The van der Waals surface area contributed by atoms with Crippen molar-refractivity contribution in [2.75, 3.05) is 11.4 Å². The maximum Gasteiger partial charge on any atom is 0.264 e. The number of carbonyl (C=O) groups is 1. The standard InChI is InChI=1S/C21H19ClN2O3S/c1-24(18-10-3-2-4-11-18)28(26,27)19-12-7-9-16(14-19)21(25)23-15-17-8-5-6-13-20(17)22/h2-14H,15H2,1H3,(H,23,25). The zero-order chi connectivity index (χ0) is 20.1. The molecule has 0 aromatic heterocycles. The van der Waals surface area contributed by atoms with Crippen LogP contribution in [0.5, 0.6) is 0 Å². The number of halogens is 1. The average Bonchev–Trinajstić information content (AvgIpc) is 2.73. The van der Waals surface area contributed by atoms with Crippen molar-refractivity contribution in [2.45, 2.75) is 11.4 Å². The molecule has 0 saturated carbocycles. The first-order chi connectivity index (χ1) is 13.4. The molecule has 0 radical (unpaired) electrons. The molecular weight excluding hydrogens is 396 g/mol. The van der Waals surface area contributed by atoms with Crippen LogP contribution < -0.4 is 9.62 Å². The lowest BCUT2D eigenvalue weighted by Crippen LogP contribution is -2.27. The number of carbonyl (C=O) groups excluding carboxylic acids is 1. The van der Waals surface area contributed by atoms with Crippen molar-refractivity contribution in [2.24, 2.45) is 0 Å². The Morgan fingerprint density at radius 2 is 1.64 bits per heavy atom. The summed E-state index contributed by atoms with van der Waals surface area (Å²) in [6.07, 6.45) is 0. The molecule has 28 heavy (non-hydrogen) atoms. The van der Waals surface area contributed by atoms with Crippen LogP contribution in [-0.4, -0.2) is 21.4 Å². The number of hydrogen-bond acceptors (Lipinski definition) is 3. The van der Waals surface area contributed by atoms with Gasteiger partial charge in [-0.25, -0.2) is 8.42 Å². The number of benzene rings is 3. The van der Waals surface area contributed by atoms with E-state index in [1.807, 2.05) is 24.3 Å². The summed E-state index contributed by atoms with van der Waals surface area (Å²) < 4.78 is 27.0. The third-order valence-corrected chi connectivity index (χ3v) is 6.42. The number of sulfonamides is 1. The quantitative estimate of drug-likeness (QED) is 0.660. The molecule has 0 aliphatic carbocycles. The van der Waals surface area contributed by atoms with Crippen LogP contribution in [0.2, 0.25) is 5.02 Å². The first-order valence-electron chi connectivity index (χ1n) is 8.55. The third-order valence-electron chi connectivity index (χ3n) is 4.27. The Labute approximate surface area is 169 Å². The topological polar surface area (TPSA) is 66.5 Å². The molecule has 0 saturated heterocycles. The van der Waals surface area contributed by atoms with Gasteiger partial charge in [-0.1, -0.05) is 54.1 Å². The summed E-state index contributed by atoms with van der Waals surface area (Å²) in [5, 5.41) is 3.32. The van der Waals surface area contributed by atoms with Gasteiger partial charge in [-0.05, 0) is 42.0 Å². The summed E-state index contributed by atoms with van der Waals surface area (Å²) in [4.78, 5) is 12.5. The fourth-order valence-electron chi connectivity index (χ4n) is 2.65. The molecule has 0 spiro atoms. The van der Waals surface area contributed by atoms with Gasteiger partial charge in [0.1, 0.15) is 0 Å². The average molecular weight is 415 g/mol. The molecule has 0 atom stereocenters. The number of nitrogens with one attached hydrogen (secondary N) is 1. The van der Waals surface area contributed by atoms with Crippen LogP contribution in [0.1, 0.15) is 15.9 Å². The van der Waals surface area contributed by atoms with E-state index in [4.69, 9.17) is 11.6 Å². The minimum atomic E-state index is -3.79. The summed E-state index contributed by atoms with van der Waals surface area (Å²) in [6.45, 7) is 0.249. The number of amides is 1. The first kappa shape index (κ1) is 19.9. The molecule has 3 rings (SSSR count). The van der Waals surface area contributed by atoms with Crippen molar-refractivity contribution in [3.05, 3.63) is 95.0 Å². The molecule has 0 aliphatic rings. The predicted molar refractivity (Wildman–Crippen MR) is 111 cm³/mol. The van der Waals surface area contributed by atoms with Crippen molar-refractivity contribution in [3.63, 3.8) is 0 Å². The maximum absolute atomic E-state index is 12.9. The smallest absolute Gasteiger partial charge is 0.264 e. The molecule has 1 amide bonds. The molecule has 3 aromatic carbocycles. The molecule has 0 unspecified atom stereocenters. The van der Waals surface area contributed by atoms with Gasteiger partial charge in [-0.2, -0.15) is 0 Å². The van der Waals surface area contributed by atoms with Gasteiger partial charge in [0, 0.05) is 24.2 Å². The number of nitrogens with zero attached hydrogens (tertiary/aromatic N) is 1. The second kappa shape index (κ2) is 8.46. The minimum absolute atomic E-state index is 0.0456. The van der Waals surface area contributed by atoms with Crippen molar-refractivity contribution in [1.82, 2.24) is 5.32 Å². The van der Waals surface area contributed by atoms with Gasteiger partial charge in [0.15, 0.2) is 0 Å². The molecule has 0 fully saturated rings. The van der Waals surface area contributed by atoms with Gasteiger partial charge < -0.3 is 5.32 Å². The molecule has 1 N–H and O–H groups in total. The Balaban J connectivity index is 1.79. The number of para-hydroxylation sites is 1. The Morgan fingerprint density at radius 3 is 2.36 bits per heavy atom. The first-order valence-corrected chi connectivity index (χ1v) is 10.4. The fourth-order valence-corrected chi connectivity index (χ4v) is 4.10. The zero-order valence-electron chi connectivity index (χ0n) is 15.2.